The molecule has 0 aromatic carbocycles. The molecule has 2 aromatic heterocycles. The average molecular weight is 301 g/mol. The van der Waals surface area contributed by atoms with E-state index in [9.17, 15) is 4.79 Å². The summed E-state index contributed by atoms with van der Waals surface area (Å²) < 4.78 is 0. The molecule has 1 amide bonds. The van der Waals surface area contributed by atoms with Gasteiger partial charge in [-0.1, -0.05) is 0 Å². The summed E-state index contributed by atoms with van der Waals surface area (Å²) in [5.41, 5.74) is 0.656. The number of aromatic nitrogens is 3. The zero-order valence-electron chi connectivity index (χ0n) is 12.1. The molecule has 7 heteroatoms. The van der Waals surface area contributed by atoms with Crippen LogP contribution in [0.4, 0.5) is 0 Å². The van der Waals surface area contributed by atoms with Crippen molar-refractivity contribution < 1.29 is 4.79 Å². The summed E-state index contributed by atoms with van der Waals surface area (Å²) in [4.78, 5) is 27.2. The predicted molar refractivity (Wildman–Crippen MR) is 79.6 cm³/mol. The van der Waals surface area contributed by atoms with E-state index in [-0.39, 0.29) is 11.8 Å². The Hall–Kier alpha value is -2.33. The first-order valence-electron chi connectivity index (χ1n) is 6.42. The van der Waals surface area contributed by atoms with Crippen molar-refractivity contribution in [1.29, 1.82) is 5.26 Å². The summed E-state index contributed by atoms with van der Waals surface area (Å²) >= 11 is 1.27. The van der Waals surface area contributed by atoms with Crippen LogP contribution in [0.5, 0.6) is 0 Å². The van der Waals surface area contributed by atoms with Gasteiger partial charge < -0.3 is 4.90 Å². The zero-order chi connectivity index (χ0) is 15.4. The number of carbonyl (C=O) groups excluding carboxylic acids is 1. The molecule has 2 rings (SSSR count). The molecule has 0 unspecified atom stereocenters. The van der Waals surface area contributed by atoms with E-state index in [1.54, 1.807) is 44.3 Å². The van der Waals surface area contributed by atoms with Crippen LogP contribution < -0.4 is 0 Å². The Kier molecular flexibility index (Phi) is 4.60. The van der Waals surface area contributed by atoms with Crippen molar-refractivity contribution in [1.82, 2.24) is 19.9 Å². The smallest absolute Gasteiger partial charge is 0.265 e. The highest BCUT2D eigenvalue weighted by atomic mass is 32.1. The van der Waals surface area contributed by atoms with Crippen LogP contribution in [0.3, 0.4) is 0 Å². The predicted octanol–water partition coefficient (Wildman–Crippen LogP) is 2.14. The van der Waals surface area contributed by atoms with E-state index in [0.717, 1.165) is 0 Å². The molecule has 0 fully saturated rings. The molecule has 0 aliphatic rings. The first-order chi connectivity index (χ1) is 10.0. The lowest BCUT2D eigenvalue weighted by atomic mass is 10.2. The Balaban J connectivity index is 2.23. The summed E-state index contributed by atoms with van der Waals surface area (Å²) in [5.74, 6) is 0.177. The Labute approximate surface area is 127 Å². The van der Waals surface area contributed by atoms with Crippen LogP contribution in [0.15, 0.2) is 18.5 Å². The summed E-state index contributed by atoms with van der Waals surface area (Å²) in [7, 11) is 1.69. The fourth-order valence-corrected chi connectivity index (χ4v) is 2.82. The number of hydrogen-bond acceptors (Lipinski definition) is 6. The number of nitrogens with zero attached hydrogens (tertiary/aromatic N) is 5. The van der Waals surface area contributed by atoms with Crippen molar-refractivity contribution in [2.75, 3.05) is 13.6 Å². The molecule has 1 atom stereocenters. The highest BCUT2D eigenvalue weighted by Gasteiger charge is 2.21. The second kappa shape index (κ2) is 6.41. The van der Waals surface area contributed by atoms with Gasteiger partial charge in [0.2, 0.25) is 0 Å². The lowest BCUT2D eigenvalue weighted by molar-refractivity contribution is 0.0789. The van der Waals surface area contributed by atoms with Crippen molar-refractivity contribution in [2.24, 2.45) is 5.92 Å². The van der Waals surface area contributed by atoms with Gasteiger partial charge >= 0.3 is 0 Å². The third-order valence-corrected chi connectivity index (χ3v) is 4.00. The van der Waals surface area contributed by atoms with Gasteiger partial charge in [-0.3, -0.25) is 4.79 Å². The van der Waals surface area contributed by atoms with Crippen LogP contribution in [-0.2, 0) is 0 Å². The largest absolute Gasteiger partial charge is 0.340 e. The quantitative estimate of drug-likeness (QED) is 0.864. The van der Waals surface area contributed by atoms with Crippen LogP contribution in [-0.4, -0.2) is 39.4 Å². The Morgan fingerprint density at radius 2 is 2.14 bits per heavy atom. The molecule has 6 nitrogen and oxygen atoms in total. The molecule has 0 aliphatic carbocycles. The first kappa shape index (κ1) is 15.1. The van der Waals surface area contributed by atoms with Gasteiger partial charge in [0.05, 0.1) is 17.7 Å². The van der Waals surface area contributed by atoms with E-state index < -0.39 is 0 Å². The van der Waals surface area contributed by atoms with Crippen molar-refractivity contribution in [3.63, 3.8) is 0 Å². The van der Waals surface area contributed by atoms with Crippen molar-refractivity contribution >= 4 is 17.2 Å². The van der Waals surface area contributed by atoms with Gasteiger partial charge in [-0.2, -0.15) is 5.26 Å². The molecule has 108 valence electrons. The highest BCUT2D eigenvalue weighted by molar-refractivity contribution is 7.17. The number of aryl methyl sites for hydroxylation is 1. The minimum Gasteiger partial charge on any atom is -0.340 e. The summed E-state index contributed by atoms with van der Waals surface area (Å²) in [6, 6.07) is 3.85. The normalized spacial score (nSPS) is 11.7. The third-order valence-electron chi connectivity index (χ3n) is 2.86. The fraction of sp³-hybridized carbons (Fsp3) is 0.357. The van der Waals surface area contributed by atoms with Crippen LogP contribution in [0.2, 0.25) is 0 Å². The van der Waals surface area contributed by atoms with Crippen LogP contribution in [0.1, 0.15) is 22.3 Å². The topological polar surface area (TPSA) is 82.8 Å². The average Bonchev–Trinajstić information content (AvgIpc) is 2.89. The van der Waals surface area contributed by atoms with Crippen molar-refractivity contribution in [3.05, 3.63) is 29.0 Å². The molecule has 0 spiro atoms. The van der Waals surface area contributed by atoms with Gasteiger partial charge in [-0.05, 0) is 19.9 Å². The number of rotatable bonds is 4. The molecule has 21 heavy (non-hydrogen) atoms. The van der Waals surface area contributed by atoms with Crippen molar-refractivity contribution in [3.8, 4) is 16.9 Å². The monoisotopic (exact) mass is 301 g/mol. The van der Waals surface area contributed by atoms with E-state index in [1.807, 2.05) is 0 Å². The molecule has 0 aliphatic heterocycles. The molecular weight excluding hydrogens is 286 g/mol. The molecule has 0 N–H and O–H groups in total. The Morgan fingerprint density at radius 3 is 2.76 bits per heavy atom. The van der Waals surface area contributed by atoms with Gasteiger partial charge in [-0.15, -0.1) is 11.3 Å². The molecule has 0 radical (unpaired) electrons. The number of nitriles is 1. The zero-order valence-corrected chi connectivity index (χ0v) is 12.9. The van der Waals surface area contributed by atoms with E-state index in [1.165, 1.54) is 11.3 Å². The molecule has 0 saturated carbocycles. The maximum absolute atomic E-state index is 12.4. The van der Waals surface area contributed by atoms with E-state index in [2.05, 4.69) is 21.0 Å². The third kappa shape index (κ3) is 3.41. The summed E-state index contributed by atoms with van der Waals surface area (Å²) in [6.07, 6.45) is 3.28. The van der Waals surface area contributed by atoms with Crippen LogP contribution in [0.25, 0.3) is 10.8 Å². The second-order valence-electron chi connectivity index (χ2n) is 4.72. The van der Waals surface area contributed by atoms with Gasteiger partial charge in [0.1, 0.15) is 4.88 Å². The maximum atomic E-state index is 12.4. The van der Waals surface area contributed by atoms with Gasteiger partial charge in [0.25, 0.3) is 5.91 Å². The fourth-order valence-electron chi connectivity index (χ4n) is 1.81. The van der Waals surface area contributed by atoms with Crippen LogP contribution >= 0.6 is 11.3 Å². The van der Waals surface area contributed by atoms with Crippen LogP contribution in [0, 0.1) is 24.2 Å². The number of thiazole rings is 1. The minimum absolute atomic E-state index is 0.130. The minimum atomic E-state index is -0.205. The van der Waals surface area contributed by atoms with Gasteiger partial charge in [0.15, 0.2) is 10.8 Å². The Bertz CT molecular complexity index is 676. The summed E-state index contributed by atoms with van der Waals surface area (Å²) in [5, 5.41) is 9.45. The standard InChI is InChI=1S/C14H15N5OS/c1-9(7-15)8-19(3)14(20)11-10(2)18-13(21-11)12-16-5-4-6-17-12/h4-6,9H,8H2,1-3H3/t9-/m1/s1. The highest BCUT2D eigenvalue weighted by Crippen LogP contribution is 2.26. The first-order valence-corrected chi connectivity index (χ1v) is 7.24. The molecule has 2 aromatic rings. The van der Waals surface area contributed by atoms with E-state index in [4.69, 9.17) is 5.26 Å². The Morgan fingerprint density at radius 1 is 1.48 bits per heavy atom. The second-order valence-corrected chi connectivity index (χ2v) is 5.72. The van der Waals surface area contributed by atoms with Gasteiger partial charge in [0, 0.05) is 26.0 Å². The molecule has 2 heterocycles. The lowest BCUT2D eigenvalue weighted by Crippen LogP contribution is -2.30. The maximum Gasteiger partial charge on any atom is 0.265 e. The molecule has 0 saturated heterocycles. The van der Waals surface area contributed by atoms with Gasteiger partial charge in [-0.25, -0.2) is 15.0 Å². The SMILES string of the molecule is Cc1nc(-c2ncccn2)sc1C(=O)N(C)C[C@H](C)C#N. The molecule has 0 bridgehead atoms. The number of hydrogen-bond donors (Lipinski definition) is 0. The lowest BCUT2D eigenvalue weighted by Gasteiger charge is -2.17. The van der Waals surface area contributed by atoms with Crippen molar-refractivity contribution in [2.45, 2.75) is 13.8 Å². The van der Waals surface area contributed by atoms with E-state index >= 15 is 0 Å². The van der Waals surface area contributed by atoms with E-state index in [0.29, 0.717) is 27.9 Å². The molecular formula is C14H15N5OS. The number of amides is 1. The number of carbonyl (C=O) groups is 1. The summed E-state index contributed by atoms with van der Waals surface area (Å²) in [6.45, 7) is 3.97.